The maximum absolute atomic E-state index is 11.0. The predicted octanol–water partition coefficient (Wildman–Crippen LogP) is 3.59. The van der Waals surface area contributed by atoms with Crippen molar-refractivity contribution in [1.29, 1.82) is 0 Å². The summed E-state index contributed by atoms with van der Waals surface area (Å²) in [6.45, 7) is 7.24. The zero-order chi connectivity index (χ0) is 11.6. The van der Waals surface area contributed by atoms with Gasteiger partial charge < -0.3 is 0 Å². The maximum Gasteiger partial charge on any atom is 0.145 e. The molecule has 0 heterocycles. The van der Waals surface area contributed by atoms with Crippen LogP contribution in [0.3, 0.4) is 0 Å². The lowest BCUT2D eigenvalue weighted by Crippen LogP contribution is -2.62. The van der Waals surface area contributed by atoms with E-state index in [-0.39, 0.29) is 0 Å². The molecule has 4 atom stereocenters. The molecule has 3 aliphatic carbocycles. The molecule has 1 spiro atoms. The molecule has 0 saturated heterocycles. The van der Waals surface area contributed by atoms with Crippen LogP contribution in [0.15, 0.2) is 11.6 Å². The SMILES string of the molecule is C[C@H]1CC[C@H]2C(C)(C)[C@@H]3C=C(C=O)CCC132. The summed E-state index contributed by atoms with van der Waals surface area (Å²) < 4.78 is 0. The Kier molecular flexibility index (Phi) is 1.98. The molecule has 88 valence electrons. The van der Waals surface area contributed by atoms with E-state index >= 15 is 0 Å². The van der Waals surface area contributed by atoms with Crippen molar-refractivity contribution in [1.82, 2.24) is 0 Å². The molecule has 0 N–H and O–H groups in total. The van der Waals surface area contributed by atoms with Crippen molar-refractivity contribution in [2.45, 2.75) is 46.5 Å². The van der Waals surface area contributed by atoms with E-state index in [1.807, 2.05) is 0 Å². The van der Waals surface area contributed by atoms with Crippen molar-refractivity contribution in [3.05, 3.63) is 11.6 Å². The average Bonchev–Trinajstić information content (AvgIpc) is 2.55. The van der Waals surface area contributed by atoms with Gasteiger partial charge in [0.15, 0.2) is 0 Å². The molecule has 2 fully saturated rings. The van der Waals surface area contributed by atoms with Gasteiger partial charge in [0.2, 0.25) is 0 Å². The lowest BCUT2D eigenvalue weighted by Gasteiger charge is -2.67. The van der Waals surface area contributed by atoms with Crippen molar-refractivity contribution >= 4 is 6.29 Å². The Hall–Kier alpha value is -0.590. The monoisotopic (exact) mass is 218 g/mol. The zero-order valence-corrected chi connectivity index (χ0v) is 10.6. The number of carbonyl (C=O) groups excluding carboxylic acids is 1. The van der Waals surface area contributed by atoms with E-state index < -0.39 is 0 Å². The smallest absolute Gasteiger partial charge is 0.145 e. The van der Waals surface area contributed by atoms with Crippen LogP contribution < -0.4 is 0 Å². The summed E-state index contributed by atoms with van der Waals surface area (Å²) in [6.07, 6.45) is 8.49. The molecule has 0 amide bonds. The number of rotatable bonds is 1. The zero-order valence-electron chi connectivity index (χ0n) is 10.6. The third-order valence-corrected chi connectivity index (χ3v) is 6.11. The van der Waals surface area contributed by atoms with Crippen LogP contribution in [0.1, 0.15) is 46.5 Å². The summed E-state index contributed by atoms with van der Waals surface area (Å²) in [5.41, 5.74) is 2.05. The minimum Gasteiger partial charge on any atom is -0.298 e. The Morgan fingerprint density at radius 2 is 2.12 bits per heavy atom. The summed E-state index contributed by atoms with van der Waals surface area (Å²) in [5.74, 6) is 2.43. The van der Waals surface area contributed by atoms with Gasteiger partial charge in [-0.2, -0.15) is 0 Å². The average molecular weight is 218 g/mol. The largest absolute Gasteiger partial charge is 0.298 e. The van der Waals surface area contributed by atoms with Gasteiger partial charge in [0.1, 0.15) is 6.29 Å². The van der Waals surface area contributed by atoms with E-state index in [0.29, 0.717) is 16.7 Å². The Morgan fingerprint density at radius 1 is 1.38 bits per heavy atom. The molecular formula is C15H22O. The highest BCUT2D eigenvalue weighted by atomic mass is 16.1. The lowest BCUT2D eigenvalue weighted by atomic mass is 9.37. The first-order valence-electron chi connectivity index (χ1n) is 6.69. The van der Waals surface area contributed by atoms with Crippen LogP contribution in [0.5, 0.6) is 0 Å². The van der Waals surface area contributed by atoms with Gasteiger partial charge in [-0.1, -0.05) is 26.8 Å². The molecule has 0 bridgehead atoms. The minimum atomic E-state index is 0.430. The van der Waals surface area contributed by atoms with Gasteiger partial charge in [-0.25, -0.2) is 0 Å². The first kappa shape index (κ1) is 10.6. The van der Waals surface area contributed by atoms with Gasteiger partial charge in [0, 0.05) is 0 Å². The topological polar surface area (TPSA) is 17.1 Å². The number of aldehydes is 1. The second-order valence-corrected chi connectivity index (χ2v) is 6.80. The van der Waals surface area contributed by atoms with Crippen LogP contribution in [0, 0.1) is 28.6 Å². The molecular weight excluding hydrogens is 196 g/mol. The number of hydrogen-bond acceptors (Lipinski definition) is 1. The van der Waals surface area contributed by atoms with Gasteiger partial charge in [-0.05, 0) is 59.8 Å². The fourth-order valence-electron chi connectivity index (χ4n) is 5.40. The number of allylic oxidation sites excluding steroid dienone is 2. The Morgan fingerprint density at radius 3 is 2.81 bits per heavy atom. The first-order valence-corrected chi connectivity index (χ1v) is 6.69. The predicted molar refractivity (Wildman–Crippen MR) is 65.0 cm³/mol. The number of hydrogen-bond donors (Lipinski definition) is 0. The maximum atomic E-state index is 11.0. The molecule has 3 rings (SSSR count). The van der Waals surface area contributed by atoms with E-state index in [1.54, 1.807) is 0 Å². The highest BCUT2D eigenvalue weighted by Gasteiger charge is 2.69. The Labute approximate surface area is 98.3 Å². The molecule has 2 saturated carbocycles. The summed E-state index contributed by atoms with van der Waals surface area (Å²) in [6, 6.07) is 0. The third kappa shape index (κ3) is 0.959. The highest BCUT2D eigenvalue weighted by molar-refractivity contribution is 5.73. The van der Waals surface area contributed by atoms with Crippen molar-refractivity contribution < 1.29 is 4.79 Å². The van der Waals surface area contributed by atoms with Gasteiger partial charge in [0.05, 0.1) is 0 Å². The first-order chi connectivity index (χ1) is 7.53. The lowest BCUT2D eigenvalue weighted by molar-refractivity contribution is -0.167. The Balaban J connectivity index is 2.03. The van der Waals surface area contributed by atoms with Crippen LogP contribution in [-0.4, -0.2) is 6.29 Å². The molecule has 1 nitrogen and oxygen atoms in total. The van der Waals surface area contributed by atoms with Crippen molar-refractivity contribution in [2.75, 3.05) is 0 Å². The van der Waals surface area contributed by atoms with Crippen molar-refractivity contribution in [3.63, 3.8) is 0 Å². The molecule has 0 radical (unpaired) electrons. The third-order valence-electron chi connectivity index (χ3n) is 6.11. The quantitative estimate of drug-likeness (QED) is 0.615. The van der Waals surface area contributed by atoms with Crippen LogP contribution in [-0.2, 0) is 4.79 Å². The highest BCUT2D eigenvalue weighted by Crippen LogP contribution is 2.75. The molecule has 0 aliphatic heterocycles. The van der Waals surface area contributed by atoms with Gasteiger partial charge in [-0.15, -0.1) is 0 Å². The van der Waals surface area contributed by atoms with Crippen molar-refractivity contribution in [3.8, 4) is 0 Å². The van der Waals surface area contributed by atoms with Crippen LogP contribution in [0.25, 0.3) is 0 Å². The van der Waals surface area contributed by atoms with Crippen LogP contribution in [0.4, 0.5) is 0 Å². The van der Waals surface area contributed by atoms with Crippen LogP contribution in [0.2, 0.25) is 0 Å². The standard InChI is InChI=1S/C15H22O/c1-10-4-5-12-14(2,3)13-8-11(9-16)6-7-15(10,12)13/h8-10,12-13H,4-7H2,1-3H3/t10-,12-,13-,15?/m0/s1. The Bertz CT molecular complexity index is 366. The van der Waals surface area contributed by atoms with E-state index in [0.717, 1.165) is 30.1 Å². The summed E-state index contributed by atoms with van der Waals surface area (Å²) in [4.78, 5) is 11.0. The van der Waals surface area contributed by atoms with E-state index in [4.69, 9.17) is 0 Å². The molecule has 3 aliphatic rings. The van der Waals surface area contributed by atoms with Gasteiger partial charge in [-0.3, -0.25) is 4.79 Å². The molecule has 0 aromatic heterocycles. The molecule has 1 unspecified atom stereocenters. The molecule has 0 aromatic rings. The van der Waals surface area contributed by atoms with E-state index in [2.05, 4.69) is 26.8 Å². The fourth-order valence-corrected chi connectivity index (χ4v) is 5.40. The summed E-state index contributed by atoms with van der Waals surface area (Å²) >= 11 is 0. The summed E-state index contributed by atoms with van der Waals surface area (Å²) in [7, 11) is 0. The molecule has 16 heavy (non-hydrogen) atoms. The van der Waals surface area contributed by atoms with Gasteiger partial charge >= 0.3 is 0 Å². The fraction of sp³-hybridized carbons (Fsp3) is 0.800. The van der Waals surface area contributed by atoms with Gasteiger partial charge in [0.25, 0.3) is 0 Å². The number of carbonyl (C=O) groups is 1. The summed E-state index contributed by atoms with van der Waals surface area (Å²) in [5, 5.41) is 0. The normalized spacial score (nSPS) is 48.7. The molecule has 0 aromatic carbocycles. The van der Waals surface area contributed by atoms with E-state index in [1.165, 1.54) is 19.3 Å². The molecule has 1 heteroatoms. The van der Waals surface area contributed by atoms with Crippen molar-refractivity contribution in [2.24, 2.45) is 28.6 Å². The van der Waals surface area contributed by atoms with Crippen LogP contribution >= 0.6 is 0 Å². The van der Waals surface area contributed by atoms with E-state index in [9.17, 15) is 4.79 Å². The second-order valence-electron chi connectivity index (χ2n) is 6.80. The minimum absolute atomic E-state index is 0.430. The second kappa shape index (κ2) is 3.00.